The Morgan fingerprint density at radius 1 is 0.741 bits per heavy atom. The Hall–Kier alpha value is -1.77. The van der Waals surface area contributed by atoms with Crippen LogP contribution in [0, 0.1) is 0 Å². The summed E-state index contributed by atoms with van der Waals surface area (Å²) in [6, 6.07) is 7.69. The van der Waals surface area contributed by atoms with Crippen LogP contribution in [-0.4, -0.2) is 17.1 Å². The molecule has 2 rings (SSSR count). The number of aromatic carboxylic acids is 1. The highest BCUT2D eigenvalue weighted by Gasteiger charge is 2.10. The van der Waals surface area contributed by atoms with Crippen LogP contribution in [0.5, 0.6) is 0 Å². The van der Waals surface area contributed by atoms with E-state index in [0.29, 0.717) is 11.6 Å². The van der Waals surface area contributed by atoms with Crippen LogP contribution in [0.3, 0.4) is 0 Å². The van der Waals surface area contributed by atoms with Crippen LogP contribution in [0.25, 0.3) is 0 Å². The third kappa shape index (κ3) is 9.65. The van der Waals surface area contributed by atoms with Crippen LogP contribution >= 0.6 is 0 Å². The molecule has 0 aromatic heterocycles. The molecule has 1 aliphatic rings. The van der Waals surface area contributed by atoms with Crippen molar-refractivity contribution in [2.75, 3.05) is 5.32 Å². The van der Waals surface area contributed by atoms with Gasteiger partial charge >= 0.3 is 5.97 Å². The van der Waals surface area contributed by atoms with Gasteiger partial charge in [-0.2, -0.15) is 0 Å². The van der Waals surface area contributed by atoms with Crippen LogP contribution in [0.15, 0.2) is 36.4 Å². The third-order valence-corrected chi connectivity index (χ3v) is 5.52. The highest BCUT2D eigenvalue weighted by molar-refractivity contribution is 5.87. The van der Waals surface area contributed by atoms with Crippen molar-refractivity contribution in [3.8, 4) is 0 Å². The van der Waals surface area contributed by atoms with E-state index in [-0.39, 0.29) is 0 Å². The normalized spacial score (nSPS) is 20.4. The molecule has 0 atom stereocenters. The molecular formula is C24H37NO2. The minimum atomic E-state index is -0.864. The summed E-state index contributed by atoms with van der Waals surface area (Å²) < 4.78 is 0. The zero-order valence-electron chi connectivity index (χ0n) is 16.8. The van der Waals surface area contributed by atoms with Gasteiger partial charge in [-0.05, 0) is 62.8 Å². The molecule has 0 saturated carbocycles. The van der Waals surface area contributed by atoms with Gasteiger partial charge in [-0.1, -0.05) is 63.5 Å². The predicted octanol–water partition coefficient (Wildman–Crippen LogP) is 7.20. The average Bonchev–Trinajstić information content (AvgIpc) is 2.67. The smallest absolute Gasteiger partial charge is 0.335 e. The monoisotopic (exact) mass is 371 g/mol. The lowest BCUT2D eigenvalue weighted by Crippen LogP contribution is -2.19. The number of anilines is 1. The van der Waals surface area contributed by atoms with Gasteiger partial charge in [0.15, 0.2) is 0 Å². The molecule has 1 aromatic carbocycles. The number of carbonyl (C=O) groups is 1. The van der Waals surface area contributed by atoms with Crippen molar-refractivity contribution < 1.29 is 9.90 Å². The summed E-state index contributed by atoms with van der Waals surface area (Å²) in [6.07, 6.45) is 22.9. The van der Waals surface area contributed by atoms with Gasteiger partial charge in [0, 0.05) is 11.7 Å². The van der Waals surface area contributed by atoms with Gasteiger partial charge in [0.05, 0.1) is 5.56 Å². The van der Waals surface area contributed by atoms with Crippen LogP contribution in [0.2, 0.25) is 0 Å². The standard InChI is InChI=1S/C24H37NO2/c26-24(27)21-17-19-23(20-18-21)25-22-15-13-11-9-7-5-3-1-2-4-6-8-10-12-14-16-22/h1-2,17-20,22,25H,3-16H2,(H,26,27)/b2-1+. The van der Waals surface area contributed by atoms with E-state index < -0.39 is 5.97 Å². The number of carboxylic acid groups (broad SMARTS) is 1. The van der Waals surface area contributed by atoms with Gasteiger partial charge in [-0.15, -0.1) is 0 Å². The maximum atomic E-state index is 11.0. The summed E-state index contributed by atoms with van der Waals surface area (Å²) in [4.78, 5) is 11.0. The fourth-order valence-electron chi connectivity index (χ4n) is 3.84. The van der Waals surface area contributed by atoms with Crippen molar-refractivity contribution in [3.05, 3.63) is 42.0 Å². The number of benzene rings is 1. The lowest BCUT2D eigenvalue weighted by atomic mass is 9.99. The summed E-state index contributed by atoms with van der Waals surface area (Å²) >= 11 is 0. The topological polar surface area (TPSA) is 49.3 Å². The number of rotatable bonds is 3. The van der Waals surface area contributed by atoms with Crippen molar-refractivity contribution in [1.29, 1.82) is 0 Å². The molecule has 0 radical (unpaired) electrons. The molecule has 0 spiro atoms. The number of nitrogens with one attached hydrogen (secondary N) is 1. The number of hydrogen-bond donors (Lipinski definition) is 2. The second kappa shape index (κ2) is 13.4. The predicted molar refractivity (Wildman–Crippen MR) is 115 cm³/mol. The van der Waals surface area contributed by atoms with Gasteiger partial charge in [-0.3, -0.25) is 0 Å². The molecule has 1 aromatic rings. The molecule has 1 aliphatic carbocycles. The van der Waals surface area contributed by atoms with E-state index in [1.165, 1.54) is 89.9 Å². The van der Waals surface area contributed by atoms with E-state index in [1.807, 2.05) is 12.1 Å². The summed E-state index contributed by atoms with van der Waals surface area (Å²) in [5.41, 5.74) is 1.39. The Balaban J connectivity index is 1.83. The Morgan fingerprint density at radius 2 is 1.22 bits per heavy atom. The molecule has 0 fully saturated rings. The van der Waals surface area contributed by atoms with E-state index in [0.717, 1.165) is 5.69 Å². The van der Waals surface area contributed by atoms with Gasteiger partial charge in [-0.25, -0.2) is 4.79 Å². The van der Waals surface area contributed by atoms with Crippen molar-refractivity contribution >= 4 is 11.7 Å². The highest BCUT2D eigenvalue weighted by Crippen LogP contribution is 2.19. The third-order valence-electron chi connectivity index (χ3n) is 5.52. The van der Waals surface area contributed by atoms with E-state index in [1.54, 1.807) is 12.1 Å². The summed E-state index contributed by atoms with van der Waals surface area (Å²) in [5.74, 6) is -0.864. The lowest BCUT2D eigenvalue weighted by molar-refractivity contribution is 0.0697. The Kier molecular flexibility index (Phi) is 10.7. The van der Waals surface area contributed by atoms with E-state index in [9.17, 15) is 4.79 Å². The highest BCUT2D eigenvalue weighted by atomic mass is 16.4. The number of hydrogen-bond acceptors (Lipinski definition) is 2. The molecule has 3 heteroatoms. The largest absolute Gasteiger partial charge is 0.478 e. The molecule has 0 amide bonds. The second-order valence-electron chi connectivity index (χ2n) is 7.89. The van der Waals surface area contributed by atoms with Crippen LogP contribution in [-0.2, 0) is 0 Å². The van der Waals surface area contributed by atoms with Gasteiger partial charge < -0.3 is 10.4 Å². The number of allylic oxidation sites excluding steroid dienone is 2. The van der Waals surface area contributed by atoms with Crippen molar-refractivity contribution in [2.45, 2.75) is 95.9 Å². The Labute approximate surface area is 165 Å². The Morgan fingerprint density at radius 3 is 1.74 bits per heavy atom. The summed E-state index contributed by atoms with van der Waals surface area (Å²) in [5, 5.41) is 12.7. The first kappa shape index (κ1) is 21.5. The maximum Gasteiger partial charge on any atom is 0.335 e. The van der Waals surface area contributed by atoms with E-state index >= 15 is 0 Å². The summed E-state index contributed by atoms with van der Waals surface area (Å²) in [6.45, 7) is 0. The van der Waals surface area contributed by atoms with Crippen molar-refractivity contribution in [2.24, 2.45) is 0 Å². The minimum Gasteiger partial charge on any atom is -0.478 e. The van der Waals surface area contributed by atoms with Crippen LogP contribution < -0.4 is 5.32 Å². The molecule has 0 heterocycles. The first-order chi connectivity index (χ1) is 13.3. The minimum absolute atomic E-state index is 0.351. The molecule has 0 saturated heterocycles. The van der Waals surface area contributed by atoms with E-state index in [4.69, 9.17) is 5.11 Å². The molecule has 3 nitrogen and oxygen atoms in total. The van der Waals surface area contributed by atoms with Gasteiger partial charge in [0.2, 0.25) is 0 Å². The first-order valence-corrected chi connectivity index (χ1v) is 11.0. The van der Waals surface area contributed by atoms with Gasteiger partial charge in [0.25, 0.3) is 0 Å². The molecule has 0 unspecified atom stereocenters. The van der Waals surface area contributed by atoms with E-state index in [2.05, 4.69) is 17.5 Å². The van der Waals surface area contributed by atoms with Crippen LogP contribution in [0.4, 0.5) is 5.69 Å². The second-order valence-corrected chi connectivity index (χ2v) is 7.89. The fraction of sp³-hybridized carbons (Fsp3) is 0.625. The van der Waals surface area contributed by atoms with Crippen molar-refractivity contribution in [3.63, 3.8) is 0 Å². The zero-order valence-corrected chi connectivity index (χ0v) is 16.8. The zero-order chi connectivity index (χ0) is 19.2. The van der Waals surface area contributed by atoms with Crippen LogP contribution in [0.1, 0.15) is 100 Å². The van der Waals surface area contributed by atoms with Crippen molar-refractivity contribution in [1.82, 2.24) is 0 Å². The molecule has 0 bridgehead atoms. The first-order valence-electron chi connectivity index (χ1n) is 11.0. The Bertz CT molecular complexity index is 530. The molecule has 0 aliphatic heterocycles. The number of carboxylic acids is 1. The maximum absolute atomic E-state index is 11.0. The molecule has 27 heavy (non-hydrogen) atoms. The molecule has 2 N–H and O–H groups in total. The SMILES string of the molecule is O=C(O)c1ccc(NC2CCCCCCC/C=C/CCCCCCC2)cc1. The molecular weight excluding hydrogens is 334 g/mol. The summed E-state index contributed by atoms with van der Waals surface area (Å²) in [7, 11) is 0. The fourth-order valence-corrected chi connectivity index (χ4v) is 3.84. The quantitative estimate of drug-likeness (QED) is 0.552. The molecule has 150 valence electrons. The average molecular weight is 372 g/mol. The van der Waals surface area contributed by atoms with Gasteiger partial charge in [0.1, 0.15) is 0 Å². The lowest BCUT2D eigenvalue weighted by Gasteiger charge is -2.20.